The number of hydrogen-bond donors (Lipinski definition) is 0. The third-order valence-corrected chi connectivity index (χ3v) is 5.47. The van der Waals surface area contributed by atoms with Crippen molar-refractivity contribution in [1.82, 2.24) is 14.7 Å². The van der Waals surface area contributed by atoms with Crippen molar-refractivity contribution in [2.45, 2.75) is 0 Å². The Balaban J connectivity index is 0.000000323. The van der Waals surface area contributed by atoms with E-state index in [0.29, 0.717) is 7.92 Å². The van der Waals surface area contributed by atoms with Gasteiger partial charge < -0.3 is 24.8 Å². The van der Waals surface area contributed by atoms with E-state index in [2.05, 4.69) is 14.7 Å². The Kier molecular flexibility index (Phi) is 10.0. The molecule has 0 radical (unpaired) electrons. The SMILES string of the molecule is C1N2CN3CN1CP(C2)C3.[Cl-].[Cl-].[Ru+2].c1ccccc1. The van der Waals surface area contributed by atoms with Gasteiger partial charge in [-0.15, -0.1) is 0 Å². The average Bonchev–Trinajstić information content (AvgIpc) is 2.30. The largest absolute Gasteiger partial charge is 2.00 e. The molecule has 0 saturated carbocycles. The summed E-state index contributed by atoms with van der Waals surface area (Å²) in [7, 11) is 0.366. The Labute approximate surface area is 142 Å². The molecule has 4 heterocycles. The van der Waals surface area contributed by atoms with Crippen LogP contribution in [0, 0.1) is 0 Å². The van der Waals surface area contributed by atoms with Gasteiger partial charge in [-0.2, -0.15) is 0 Å². The third-order valence-electron chi connectivity index (χ3n) is 3.07. The second kappa shape index (κ2) is 9.63. The molecule has 4 aliphatic heterocycles. The fraction of sp³-hybridized carbons (Fsp3) is 0.500. The van der Waals surface area contributed by atoms with E-state index in [9.17, 15) is 0 Å². The first kappa shape index (κ1) is 19.7. The van der Waals surface area contributed by atoms with E-state index in [4.69, 9.17) is 0 Å². The smallest absolute Gasteiger partial charge is 1.00 e. The summed E-state index contributed by atoms with van der Waals surface area (Å²) in [5.41, 5.74) is 0. The number of rotatable bonds is 0. The maximum atomic E-state index is 2.57. The molecule has 4 fully saturated rings. The maximum Gasteiger partial charge on any atom is 2.00 e. The van der Waals surface area contributed by atoms with E-state index in [1.54, 1.807) is 0 Å². The molecule has 7 heteroatoms. The molecule has 0 aliphatic carbocycles. The molecule has 4 bridgehead atoms. The van der Waals surface area contributed by atoms with Crippen LogP contribution in [0.2, 0.25) is 0 Å². The predicted molar refractivity (Wildman–Crippen MR) is 68.1 cm³/mol. The first-order valence-electron chi connectivity index (χ1n) is 5.79. The molecule has 4 saturated heterocycles. The van der Waals surface area contributed by atoms with E-state index >= 15 is 0 Å². The van der Waals surface area contributed by atoms with Gasteiger partial charge in [0.25, 0.3) is 0 Å². The Hall–Kier alpha value is 0.733. The van der Waals surface area contributed by atoms with Crippen molar-refractivity contribution >= 4 is 7.92 Å². The molecule has 0 N–H and O–H groups in total. The van der Waals surface area contributed by atoms with Crippen molar-refractivity contribution in [3.05, 3.63) is 36.4 Å². The van der Waals surface area contributed by atoms with E-state index in [1.807, 2.05) is 36.4 Å². The summed E-state index contributed by atoms with van der Waals surface area (Å²) in [4.78, 5) is 7.71. The quantitative estimate of drug-likeness (QED) is 0.320. The van der Waals surface area contributed by atoms with E-state index in [-0.39, 0.29) is 44.3 Å². The Morgan fingerprint density at radius 1 is 0.579 bits per heavy atom. The van der Waals surface area contributed by atoms with Crippen LogP contribution in [0.15, 0.2) is 36.4 Å². The zero-order chi connectivity index (χ0) is 10.8. The Morgan fingerprint density at radius 2 is 0.842 bits per heavy atom. The Bertz CT molecular complexity index is 262. The first-order chi connectivity index (χ1) is 7.90. The standard InChI is InChI=1S/C6H12N3P.C6H6.2ClH.Ru/c1-7-2-9-3-8(1)5-10(4-7)6-9;1-2-4-6-5-3-1;;;/h1-6H2;1-6H;2*1H;/q;;;;+2/p-2. The van der Waals surface area contributed by atoms with Crippen LogP contribution in [-0.2, 0) is 19.5 Å². The van der Waals surface area contributed by atoms with Crippen LogP contribution < -0.4 is 24.8 Å². The van der Waals surface area contributed by atoms with Gasteiger partial charge in [0.05, 0.1) is 20.0 Å². The van der Waals surface area contributed by atoms with Crippen molar-refractivity contribution < 1.29 is 44.3 Å². The topological polar surface area (TPSA) is 9.72 Å². The van der Waals surface area contributed by atoms with Gasteiger partial charge in [-0.1, -0.05) is 44.3 Å². The van der Waals surface area contributed by atoms with Gasteiger partial charge in [0, 0.05) is 18.9 Å². The molecule has 3 nitrogen and oxygen atoms in total. The summed E-state index contributed by atoms with van der Waals surface area (Å²) in [5.74, 6) is 0. The second-order valence-electron chi connectivity index (χ2n) is 4.69. The van der Waals surface area contributed by atoms with Crippen LogP contribution in [-0.4, -0.2) is 53.6 Å². The molecule has 4 aliphatic rings. The van der Waals surface area contributed by atoms with Crippen LogP contribution in [0.3, 0.4) is 0 Å². The number of hydrogen-bond acceptors (Lipinski definition) is 3. The first-order valence-corrected chi connectivity index (χ1v) is 7.69. The molecule has 5 rings (SSSR count). The van der Waals surface area contributed by atoms with Crippen molar-refractivity contribution in [1.29, 1.82) is 0 Å². The molecule has 108 valence electrons. The van der Waals surface area contributed by atoms with Gasteiger partial charge in [0.1, 0.15) is 0 Å². The normalized spacial score (nSPS) is 32.8. The third kappa shape index (κ3) is 5.55. The fourth-order valence-electron chi connectivity index (χ4n) is 2.62. The Morgan fingerprint density at radius 3 is 1.05 bits per heavy atom. The fourth-order valence-corrected chi connectivity index (χ4v) is 5.12. The van der Waals surface area contributed by atoms with E-state index in [1.165, 1.54) is 38.9 Å². The van der Waals surface area contributed by atoms with Gasteiger partial charge in [-0.25, -0.2) is 0 Å². The van der Waals surface area contributed by atoms with Crippen LogP contribution >= 0.6 is 7.92 Å². The van der Waals surface area contributed by atoms with Crippen LogP contribution in [0.25, 0.3) is 0 Å². The van der Waals surface area contributed by atoms with Gasteiger partial charge in [0.2, 0.25) is 0 Å². The van der Waals surface area contributed by atoms with E-state index in [0.717, 1.165) is 0 Å². The summed E-state index contributed by atoms with van der Waals surface area (Å²) in [6.45, 7) is 3.74. The monoisotopic (exact) mass is 407 g/mol. The summed E-state index contributed by atoms with van der Waals surface area (Å²) in [6.07, 6.45) is 4.26. The van der Waals surface area contributed by atoms with Gasteiger partial charge >= 0.3 is 19.5 Å². The molecule has 1 aromatic rings. The van der Waals surface area contributed by atoms with Gasteiger partial charge in [0.15, 0.2) is 0 Å². The minimum absolute atomic E-state index is 0. The molecule has 0 amide bonds. The van der Waals surface area contributed by atoms with Crippen LogP contribution in [0.5, 0.6) is 0 Å². The minimum Gasteiger partial charge on any atom is -1.00 e. The summed E-state index contributed by atoms with van der Waals surface area (Å²) in [5, 5.41) is 0. The minimum atomic E-state index is 0. The molecule has 19 heavy (non-hydrogen) atoms. The van der Waals surface area contributed by atoms with Crippen molar-refractivity contribution in [3.63, 3.8) is 0 Å². The maximum absolute atomic E-state index is 2.57. The summed E-state index contributed by atoms with van der Waals surface area (Å²) < 4.78 is 0. The number of nitrogens with zero attached hydrogens (tertiary/aromatic N) is 3. The molecule has 0 atom stereocenters. The number of halogens is 2. The molecule has 0 aromatic heterocycles. The zero-order valence-corrected chi connectivity index (χ0v) is 14.7. The molecular formula is C12H18Cl2N3PRu. The van der Waals surface area contributed by atoms with Crippen molar-refractivity contribution in [2.75, 3.05) is 38.9 Å². The van der Waals surface area contributed by atoms with Crippen LogP contribution in [0.4, 0.5) is 0 Å². The second-order valence-corrected chi connectivity index (χ2v) is 6.88. The van der Waals surface area contributed by atoms with Gasteiger partial charge in [-0.3, -0.25) is 14.7 Å². The zero-order valence-electron chi connectivity index (χ0n) is 10.6. The predicted octanol–water partition coefficient (Wildman–Crippen LogP) is -4.15. The average molecular weight is 407 g/mol. The molecule has 0 spiro atoms. The summed E-state index contributed by atoms with van der Waals surface area (Å²) in [6, 6.07) is 12.0. The molecular weight excluding hydrogens is 389 g/mol. The molecule has 0 unspecified atom stereocenters. The van der Waals surface area contributed by atoms with Gasteiger partial charge in [-0.05, 0) is 0 Å². The van der Waals surface area contributed by atoms with Crippen molar-refractivity contribution in [3.8, 4) is 0 Å². The van der Waals surface area contributed by atoms with Crippen LogP contribution in [0.1, 0.15) is 0 Å². The van der Waals surface area contributed by atoms with E-state index < -0.39 is 0 Å². The summed E-state index contributed by atoms with van der Waals surface area (Å²) >= 11 is 0. The van der Waals surface area contributed by atoms with Crippen molar-refractivity contribution in [2.24, 2.45) is 0 Å². The molecule has 1 aromatic carbocycles. The number of benzene rings is 1.